The van der Waals surface area contributed by atoms with Crippen molar-refractivity contribution in [3.05, 3.63) is 47.3 Å². The number of benzene rings is 1. The molecule has 0 saturated heterocycles. The molecule has 27 heavy (non-hydrogen) atoms. The normalized spacial score (nSPS) is 16.2. The Balaban J connectivity index is 1.85. The average Bonchev–Trinajstić information content (AvgIpc) is 2.84. The fourth-order valence-electron chi connectivity index (χ4n) is 3.69. The predicted molar refractivity (Wildman–Crippen MR) is 96.9 cm³/mol. The van der Waals surface area contributed by atoms with Crippen LogP contribution in [0.5, 0.6) is 0 Å². The van der Waals surface area contributed by atoms with E-state index in [4.69, 9.17) is 0 Å². The monoisotopic (exact) mass is 379 g/mol. The summed E-state index contributed by atoms with van der Waals surface area (Å²) in [5.74, 6) is -0.127. The summed E-state index contributed by atoms with van der Waals surface area (Å²) in [6, 6.07) is 5.17. The molecule has 4 nitrogen and oxygen atoms in total. The van der Waals surface area contributed by atoms with E-state index in [0.717, 1.165) is 37.8 Å². The number of nitrogens with zero attached hydrogens (tertiary/aromatic N) is 3. The topological polar surface area (TPSA) is 38.1 Å². The van der Waals surface area contributed by atoms with Gasteiger partial charge in [-0.3, -0.25) is 4.79 Å². The van der Waals surface area contributed by atoms with Crippen LogP contribution in [-0.4, -0.2) is 33.7 Å². The lowest BCUT2D eigenvalue weighted by molar-refractivity contribution is -0.137. The zero-order chi connectivity index (χ0) is 19.6. The van der Waals surface area contributed by atoms with Gasteiger partial charge in [-0.05, 0) is 38.0 Å². The van der Waals surface area contributed by atoms with E-state index in [1.807, 2.05) is 0 Å². The Kier molecular flexibility index (Phi) is 5.58. The third kappa shape index (κ3) is 4.17. The minimum atomic E-state index is -4.42. The molecule has 2 aromatic rings. The van der Waals surface area contributed by atoms with Crippen molar-refractivity contribution in [2.24, 2.45) is 0 Å². The number of alkyl halides is 3. The predicted octanol–water partition coefficient (Wildman–Crippen LogP) is 4.99. The van der Waals surface area contributed by atoms with Gasteiger partial charge in [-0.15, -0.1) is 0 Å². The minimum absolute atomic E-state index is 0.127. The molecule has 1 aromatic heterocycles. The molecular weight excluding hydrogens is 355 g/mol. The van der Waals surface area contributed by atoms with Crippen molar-refractivity contribution >= 4 is 5.91 Å². The highest BCUT2D eigenvalue weighted by molar-refractivity contribution is 5.95. The fourth-order valence-corrected chi connectivity index (χ4v) is 3.69. The van der Waals surface area contributed by atoms with Crippen molar-refractivity contribution in [3.63, 3.8) is 0 Å². The molecular formula is C20H24F3N3O. The van der Waals surface area contributed by atoms with Gasteiger partial charge >= 0.3 is 6.18 Å². The lowest BCUT2D eigenvalue weighted by atomic mass is 10.1. The summed E-state index contributed by atoms with van der Waals surface area (Å²) in [5.41, 5.74) is 0.524. The maximum Gasteiger partial charge on any atom is 0.416 e. The van der Waals surface area contributed by atoms with Crippen LogP contribution in [-0.2, 0) is 6.18 Å². The summed E-state index contributed by atoms with van der Waals surface area (Å²) in [5, 5.41) is 4.18. The number of hydrogen-bond acceptors (Lipinski definition) is 2. The molecule has 146 valence electrons. The highest BCUT2D eigenvalue weighted by Crippen LogP contribution is 2.31. The quantitative estimate of drug-likeness (QED) is 0.705. The number of halogens is 3. The Hall–Kier alpha value is -2.31. The Morgan fingerprint density at radius 1 is 1.19 bits per heavy atom. The summed E-state index contributed by atoms with van der Waals surface area (Å²) < 4.78 is 40.3. The number of rotatable bonds is 3. The van der Waals surface area contributed by atoms with Gasteiger partial charge < -0.3 is 4.90 Å². The summed E-state index contributed by atoms with van der Waals surface area (Å²) in [7, 11) is 1.80. The van der Waals surface area contributed by atoms with E-state index in [9.17, 15) is 18.0 Å². The maximum atomic E-state index is 13.0. The SMILES string of the molecule is Cc1c(C(=O)N(C)C2CCCCCC2)cnn1-c1cccc(C(F)(F)F)c1. The molecule has 1 fully saturated rings. The second-order valence-corrected chi connectivity index (χ2v) is 7.16. The number of hydrogen-bond donors (Lipinski definition) is 0. The third-order valence-electron chi connectivity index (χ3n) is 5.35. The Labute approximate surface area is 157 Å². The van der Waals surface area contributed by atoms with Crippen molar-refractivity contribution in [1.82, 2.24) is 14.7 Å². The van der Waals surface area contributed by atoms with Crippen molar-refractivity contribution in [3.8, 4) is 5.69 Å². The standard InChI is InChI=1S/C20H24F3N3O/c1-14-18(19(27)25(2)16-9-5-3-4-6-10-16)13-24-26(14)17-11-7-8-15(12-17)20(21,22)23/h7-8,11-13,16H,3-6,9-10H2,1-2H3. The molecule has 3 rings (SSSR count). The number of carbonyl (C=O) groups excluding carboxylic acids is 1. The van der Waals surface area contributed by atoms with Gasteiger partial charge in [0.05, 0.1) is 28.7 Å². The fraction of sp³-hybridized carbons (Fsp3) is 0.500. The molecule has 0 spiro atoms. The maximum absolute atomic E-state index is 13.0. The highest BCUT2D eigenvalue weighted by atomic mass is 19.4. The van der Waals surface area contributed by atoms with E-state index in [-0.39, 0.29) is 11.9 Å². The molecule has 0 aliphatic heterocycles. The lowest BCUT2D eigenvalue weighted by Gasteiger charge is -2.27. The first-order valence-corrected chi connectivity index (χ1v) is 9.28. The van der Waals surface area contributed by atoms with Crippen LogP contribution in [0.15, 0.2) is 30.5 Å². The summed E-state index contributed by atoms with van der Waals surface area (Å²) >= 11 is 0. The molecule has 1 heterocycles. The molecule has 0 atom stereocenters. The number of aromatic nitrogens is 2. The van der Waals surface area contributed by atoms with Crippen molar-refractivity contribution in [2.45, 2.75) is 57.7 Å². The van der Waals surface area contributed by atoms with Crippen LogP contribution in [0, 0.1) is 6.92 Å². The molecule has 0 radical (unpaired) electrons. The van der Waals surface area contributed by atoms with Gasteiger partial charge in [0, 0.05) is 13.1 Å². The van der Waals surface area contributed by atoms with Crippen LogP contribution in [0.2, 0.25) is 0 Å². The van der Waals surface area contributed by atoms with Crippen molar-refractivity contribution < 1.29 is 18.0 Å². The van der Waals surface area contributed by atoms with Crippen LogP contribution >= 0.6 is 0 Å². The summed E-state index contributed by atoms with van der Waals surface area (Å²) in [6.45, 7) is 1.71. The second-order valence-electron chi connectivity index (χ2n) is 7.16. The summed E-state index contributed by atoms with van der Waals surface area (Å²) in [6.07, 6.45) is 3.64. The van der Waals surface area contributed by atoms with Crippen LogP contribution in [0.4, 0.5) is 13.2 Å². The van der Waals surface area contributed by atoms with E-state index in [0.29, 0.717) is 16.9 Å². The van der Waals surface area contributed by atoms with Crippen LogP contribution < -0.4 is 0 Å². The first kappa shape index (κ1) is 19.5. The lowest BCUT2D eigenvalue weighted by Crippen LogP contribution is -2.37. The van der Waals surface area contributed by atoms with Gasteiger partial charge in [-0.25, -0.2) is 4.68 Å². The number of carbonyl (C=O) groups is 1. The van der Waals surface area contributed by atoms with E-state index >= 15 is 0 Å². The molecule has 0 bridgehead atoms. The highest BCUT2D eigenvalue weighted by Gasteiger charge is 2.31. The second kappa shape index (κ2) is 7.74. The van der Waals surface area contributed by atoms with E-state index in [1.165, 1.54) is 29.8 Å². The van der Waals surface area contributed by atoms with Crippen LogP contribution in [0.3, 0.4) is 0 Å². The molecule has 1 saturated carbocycles. The smallest absolute Gasteiger partial charge is 0.339 e. The first-order valence-electron chi connectivity index (χ1n) is 9.28. The van der Waals surface area contributed by atoms with Crippen LogP contribution in [0.25, 0.3) is 5.69 Å². The summed E-state index contributed by atoms with van der Waals surface area (Å²) in [4.78, 5) is 14.7. The van der Waals surface area contributed by atoms with Gasteiger partial charge in [0.2, 0.25) is 0 Å². The van der Waals surface area contributed by atoms with Gasteiger partial charge in [0.15, 0.2) is 0 Å². The largest absolute Gasteiger partial charge is 0.416 e. The van der Waals surface area contributed by atoms with Gasteiger partial charge in [0.25, 0.3) is 5.91 Å². The molecule has 1 aromatic carbocycles. The Morgan fingerprint density at radius 2 is 1.85 bits per heavy atom. The number of amides is 1. The van der Waals surface area contributed by atoms with Gasteiger partial charge in [0.1, 0.15) is 0 Å². The first-order chi connectivity index (χ1) is 12.8. The Bertz CT molecular complexity index is 805. The van der Waals surface area contributed by atoms with E-state index in [2.05, 4.69) is 5.10 Å². The van der Waals surface area contributed by atoms with Crippen molar-refractivity contribution in [1.29, 1.82) is 0 Å². The zero-order valence-corrected chi connectivity index (χ0v) is 15.6. The van der Waals surface area contributed by atoms with Gasteiger partial charge in [-0.1, -0.05) is 31.7 Å². The van der Waals surface area contributed by atoms with Crippen molar-refractivity contribution in [2.75, 3.05) is 7.05 Å². The third-order valence-corrected chi connectivity index (χ3v) is 5.35. The van der Waals surface area contributed by atoms with Gasteiger partial charge in [-0.2, -0.15) is 18.3 Å². The molecule has 1 amide bonds. The van der Waals surface area contributed by atoms with E-state index < -0.39 is 11.7 Å². The molecule has 7 heteroatoms. The molecule has 0 unspecified atom stereocenters. The molecule has 0 N–H and O–H groups in total. The molecule has 1 aliphatic carbocycles. The molecule has 1 aliphatic rings. The Morgan fingerprint density at radius 3 is 2.48 bits per heavy atom. The zero-order valence-electron chi connectivity index (χ0n) is 15.6. The minimum Gasteiger partial charge on any atom is -0.339 e. The van der Waals surface area contributed by atoms with Crippen LogP contribution in [0.1, 0.15) is 60.1 Å². The average molecular weight is 379 g/mol. The van der Waals surface area contributed by atoms with E-state index in [1.54, 1.807) is 24.9 Å².